The number of nitrogens with two attached hydrogens (primary N) is 2. The van der Waals surface area contributed by atoms with Gasteiger partial charge in [-0.15, -0.1) is 0 Å². The van der Waals surface area contributed by atoms with Gasteiger partial charge in [0, 0.05) is 18.1 Å². The van der Waals surface area contributed by atoms with Crippen LogP contribution in [0.5, 0.6) is 0 Å². The van der Waals surface area contributed by atoms with Gasteiger partial charge in [0.1, 0.15) is 0 Å². The van der Waals surface area contributed by atoms with Crippen LogP contribution in [-0.2, 0) is 0 Å². The van der Waals surface area contributed by atoms with Crippen molar-refractivity contribution in [2.75, 3.05) is 13.6 Å². The normalized spacial score (nSPS) is 46.1. The Bertz CT molecular complexity index is 231. The highest BCUT2D eigenvalue weighted by molar-refractivity contribution is 4.93. The molecule has 0 aromatic rings. The van der Waals surface area contributed by atoms with Crippen LogP contribution in [0, 0.1) is 11.8 Å². The monoisotopic (exact) mass is 225 g/mol. The van der Waals surface area contributed by atoms with Crippen molar-refractivity contribution in [2.24, 2.45) is 23.3 Å². The minimum atomic E-state index is 0.220. The highest BCUT2D eigenvalue weighted by Gasteiger charge is 2.36. The quantitative estimate of drug-likeness (QED) is 0.742. The lowest BCUT2D eigenvalue weighted by Crippen LogP contribution is -2.53. The Hall–Kier alpha value is -0.120. The van der Waals surface area contributed by atoms with Gasteiger partial charge in [0.15, 0.2) is 0 Å². The van der Waals surface area contributed by atoms with Crippen molar-refractivity contribution in [3.05, 3.63) is 0 Å². The number of likely N-dealkylation sites (tertiary alicyclic amines) is 1. The van der Waals surface area contributed by atoms with Crippen LogP contribution in [0.1, 0.15) is 39.0 Å². The molecule has 1 saturated carbocycles. The van der Waals surface area contributed by atoms with Crippen molar-refractivity contribution in [3.63, 3.8) is 0 Å². The molecule has 0 amide bonds. The average Bonchev–Trinajstić information content (AvgIpc) is 2.65. The number of rotatable bonds is 2. The van der Waals surface area contributed by atoms with E-state index in [9.17, 15) is 0 Å². The Kier molecular flexibility index (Phi) is 3.88. The predicted molar refractivity (Wildman–Crippen MR) is 68.1 cm³/mol. The third kappa shape index (κ3) is 2.41. The van der Waals surface area contributed by atoms with Gasteiger partial charge in [0.25, 0.3) is 0 Å². The molecule has 0 aromatic carbocycles. The van der Waals surface area contributed by atoms with Gasteiger partial charge in [-0.3, -0.25) is 0 Å². The molecule has 0 radical (unpaired) electrons. The molecule has 4 unspecified atom stereocenters. The summed E-state index contributed by atoms with van der Waals surface area (Å²) in [4.78, 5) is 2.50. The van der Waals surface area contributed by atoms with Gasteiger partial charge in [-0.05, 0) is 57.5 Å². The summed E-state index contributed by atoms with van der Waals surface area (Å²) in [6, 6.07) is 1.20. The number of hydrogen-bond donors (Lipinski definition) is 2. The molecule has 1 saturated heterocycles. The first-order chi connectivity index (χ1) is 7.59. The van der Waals surface area contributed by atoms with Gasteiger partial charge in [-0.25, -0.2) is 0 Å². The third-order valence-electron chi connectivity index (χ3n) is 4.89. The minimum Gasteiger partial charge on any atom is -0.326 e. The molecule has 2 rings (SSSR count). The van der Waals surface area contributed by atoms with E-state index in [1.165, 1.54) is 32.2 Å². The van der Waals surface area contributed by atoms with Gasteiger partial charge >= 0.3 is 0 Å². The van der Waals surface area contributed by atoms with Gasteiger partial charge in [-0.1, -0.05) is 6.92 Å². The van der Waals surface area contributed by atoms with E-state index in [4.69, 9.17) is 11.5 Å². The van der Waals surface area contributed by atoms with Crippen LogP contribution in [0.25, 0.3) is 0 Å². The molecule has 3 nitrogen and oxygen atoms in total. The Morgan fingerprint density at radius 1 is 1.19 bits per heavy atom. The standard InChI is InChI=1S/C13H27N3/c1-9-5-6-12(14)13(15)11(9)8-10-4-3-7-16(10)2/h9-13H,3-8,14-15H2,1-2H3/t9?,10-,11?,12?,13?/m1/s1. The minimum absolute atomic E-state index is 0.220. The lowest BCUT2D eigenvalue weighted by atomic mass is 9.72. The molecule has 0 spiro atoms. The first-order valence-corrected chi connectivity index (χ1v) is 6.81. The van der Waals surface area contributed by atoms with Crippen molar-refractivity contribution in [1.82, 2.24) is 4.90 Å². The molecule has 5 atom stereocenters. The lowest BCUT2D eigenvalue weighted by Gasteiger charge is -2.40. The molecular formula is C13H27N3. The molecule has 16 heavy (non-hydrogen) atoms. The highest BCUT2D eigenvalue weighted by atomic mass is 15.1. The largest absolute Gasteiger partial charge is 0.326 e. The predicted octanol–water partition coefficient (Wildman–Crippen LogP) is 1.17. The molecule has 1 aliphatic carbocycles. The Morgan fingerprint density at radius 2 is 1.94 bits per heavy atom. The highest BCUT2D eigenvalue weighted by Crippen LogP contribution is 2.34. The van der Waals surface area contributed by atoms with E-state index >= 15 is 0 Å². The maximum atomic E-state index is 6.29. The third-order valence-corrected chi connectivity index (χ3v) is 4.89. The van der Waals surface area contributed by atoms with Crippen LogP contribution in [0.4, 0.5) is 0 Å². The van der Waals surface area contributed by atoms with E-state index in [0.29, 0.717) is 5.92 Å². The molecule has 1 aliphatic heterocycles. The summed E-state index contributed by atoms with van der Waals surface area (Å²) >= 11 is 0. The smallest absolute Gasteiger partial charge is 0.0224 e. The molecule has 4 N–H and O–H groups in total. The van der Waals surface area contributed by atoms with Crippen molar-refractivity contribution in [1.29, 1.82) is 0 Å². The fraction of sp³-hybridized carbons (Fsp3) is 1.00. The zero-order valence-corrected chi connectivity index (χ0v) is 10.7. The molecule has 0 aromatic heterocycles. The molecule has 3 heteroatoms. The van der Waals surface area contributed by atoms with Gasteiger partial charge in [0.05, 0.1) is 0 Å². The summed E-state index contributed by atoms with van der Waals surface area (Å²) in [6.45, 7) is 3.61. The second-order valence-electron chi connectivity index (χ2n) is 5.97. The first-order valence-electron chi connectivity index (χ1n) is 6.81. The van der Waals surface area contributed by atoms with Gasteiger partial charge in [0.2, 0.25) is 0 Å². The topological polar surface area (TPSA) is 55.3 Å². The van der Waals surface area contributed by atoms with E-state index in [0.717, 1.165) is 18.4 Å². The van der Waals surface area contributed by atoms with E-state index < -0.39 is 0 Å². The summed E-state index contributed by atoms with van der Waals surface area (Å²) in [7, 11) is 2.25. The number of nitrogens with zero attached hydrogens (tertiary/aromatic N) is 1. The van der Waals surface area contributed by atoms with Crippen LogP contribution >= 0.6 is 0 Å². The van der Waals surface area contributed by atoms with E-state index in [1.54, 1.807) is 0 Å². The van der Waals surface area contributed by atoms with Gasteiger partial charge in [-0.2, -0.15) is 0 Å². The fourth-order valence-corrected chi connectivity index (χ4v) is 3.54. The second kappa shape index (κ2) is 5.03. The molecule has 94 valence electrons. The SMILES string of the molecule is CC1CCC(N)C(N)C1C[C@H]1CCCN1C. The van der Waals surface area contributed by atoms with Crippen molar-refractivity contribution >= 4 is 0 Å². The second-order valence-corrected chi connectivity index (χ2v) is 5.97. The maximum Gasteiger partial charge on any atom is 0.0224 e. The molecule has 0 bridgehead atoms. The molecular weight excluding hydrogens is 198 g/mol. The summed E-state index contributed by atoms with van der Waals surface area (Å²) < 4.78 is 0. The molecule has 1 heterocycles. The molecule has 2 fully saturated rings. The van der Waals surface area contributed by atoms with Crippen LogP contribution in [0.2, 0.25) is 0 Å². The van der Waals surface area contributed by atoms with Crippen molar-refractivity contribution in [3.8, 4) is 0 Å². The average molecular weight is 225 g/mol. The van der Waals surface area contributed by atoms with Crippen LogP contribution in [-0.4, -0.2) is 36.6 Å². The zero-order valence-electron chi connectivity index (χ0n) is 10.7. The zero-order chi connectivity index (χ0) is 11.7. The lowest BCUT2D eigenvalue weighted by molar-refractivity contribution is 0.147. The van der Waals surface area contributed by atoms with Crippen LogP contribution in [0.15, 0.2) is 0 Å². The van der Waals surface area contributed by atoms with E-state index in [-0.39, 0.29) is 12.1 Å². The fourth-order valence-electron chi connectivity index (χ4n) is 3.54. The molecule has 2 aliphatic rings. The first kappa shape index (κ1) is 12.3. The van der Waals surface area contributed by atoms with Gasteiger partial charge < -0.3 is 16.4 Å². The van der Waals surface area contributed by atoms with Crippen LogP contribution < -0.4 is 11.5 Å². The van der Waals surface area contributed by atoms with Crippen molar-refractivity contribution < 1.29 is 0 Å². The Morgan fingerprint density at radius 3 is 2.56 bits per heavy atom. The summed E-state index contributed by atoms with van der Waals surface area (Å²) in [5, 5.41) is 0. The van der Waals surface area contributed by atoms with E-state index in [2.05, 4.69) is 18.9 Å². The summed E-state index contributed by atoms with van der Waals surface area (Å²) in [5.41, 5.74) is 12.4. The maximum absolute atomic E-state index is 6.29. The van der Waals surface area contributed by atoms with Crippen molar-refractivity contribution in [2.45, 2.75) is 57.2 Å². The Labute approximate surface area is 99.5 Å². The summed E-state index contributed by atoms with van der Waals surface area (Å²) in [6.07, 6.45) is 6.33. The summed E-state index contributed by atoms with van der Waals surface area (Å²) in [5.74, 6) is 1.39. The van der Waals surface area contributed by atoms with E-state index in [1.807, 2.05) is 0 Å². The Balaban J connectivity index is 1.95. The number of hydrogen-bond acceptors (Lipinski definition) is 3. The van der Waals surface area contributed by atoms with Crippen LogP contribution in [0.3, 0.4) is 0 Å².